The Labute approximate surface area is 73.9 Å². The van der Waals surface area contributed by atoms with Gasteiger partial charge in [-0.2, -0.15) is 0 Å². The molecule has 0 saturated carbocycles. The number of rotatable bonds is 3. The summed E-state index contributed by atoms with van der Waals surface area (Å²) in [5, 5.41) is 0. The molecule has 0 atom stereocenters. The van der Waals surface area contributed by atoms with Crippen LogP contribution in [0.5, 0.6) is 0 Å². The standard InChI is InChI=1S/C11H15N/c1-10-5-4-7-11(9-10)6-2-3-8-12/h2,4-7,9H,3,8,12H2,1H3. The SMILES string of the molecule is Cc1cccc(C=CCCN)c1. The van der Waals surface area contributed by atoms with Crippen molar-refractivity contribution in [3.05, 3.63) is 41.5 Å². The molecule has 0 aliphatic rings. The van der Waals surface area contributed by atoms with Crippen LogP contribution in [-0.2, 0) is 0 Å². The molecule has 0 aliphatic heterocycles. The predicted octanol–water partition coefficient (Wildman–Crippen LogP) is 2.36. The first-order valence-electron chi connectivity index (χ1n) is 4.26. The topological polar surface area (TPSA) is 26.0 Å². The highest BCUT2D eigenvalue weighted by Crippen LogP contribution is 2.05. The van der Waals surface area contributed by atoms with E-state index in [0.717, 1.165) is 13.0 Å². The van der Waals surface area contributed by atoms with Crippen LogP contribution in [0.2, 0.25) is 0 Å². The van der Waals surface area contributed by atoms with Crippen molar-refractivity contribution in [1.82, 2.24) is 0 Å². The molecule has 0 aromatic heterocycles. The minimum atomic E-state index is 0.725. The number of hydrogen-bond acceptors (Lipinski definition) is 1. The molecule has 0 unspecified atom stereocenters. The molecular formula is C11H15N. The monoisotopic (exact) mass is 161 g/mol. The Balaban J connectivity index is 2.63. The van der Waals surface area contributed by atoms with Crippen LogP contribution in [0, 0.1) is 6.92 Å². The average Bonchev–Trinajstić information content (AvgIpc) is 2.05. The van der Waals surface area contributed by atoms with Gasteiger partial charge in [0.25, 0.3) is 0 Å². The van der Waals surface area contributed by atoms with E-state index < -0.39 is 0 Å². The Hall–Kier alpha value is -1.08. The Bertz CT molecular complexity index is 263. The Morgan fingerprint density at radius 1 is 1.42 bits per heavy atom. The maximum atomic E-state index is 5.37. The van der Waals surface area contributed by atoms with Crippen molar-refractivity contribution in [2.75, 3.05) is 6.54 Å². The second-order valence-corrected chi connectivity index (χ2v) is 2.89. The number of benzene rings is 1. The smallest absolute Gasteiger partial charge is 0.00425 e. The van der Waals surface area contributed by atoms with Crippen molar-refractivity contribution in [3.63, 3.8) is 0 Å². The van der Waals surface area contributed by atoms with Crippen molar-refractivity contribution in [3.8, 4) is 0 Å². The van der Waals surface area contributed by atoms with E-state index in [1.807, 2.05) is 0 Å². The molecule has 0 aliphatic carbocycles. The summed E-state index contributed by atoms with van der Waals surface area (Å²) in [6.07, 6.45) is 5.17. The van der Waals surface area contributed by atoms with Crippen molar-refractivity contribution in [2.45, 2.75) is 13.3 Å². The molecule has 0 amide bonds. The minimum absolute atomic E-state index is 0.725. The third-order valence-electron chi connectivity index (χ3n) is 1.69. The zero-order chi connectivity index (χ0) is 8.81. The molecule has 64 valence electrons. The van der Waals surface area contributed by atoms with Gasteiger partial charge in [-0.25, -0.2) is 0 Å². The van der Waals surface area contributed by atoms with E-state index in [4.69, 9.17) is 5.73 Å². The summed E-state index contributed by atoms with van der Waals surface area (Å²) in [7, 11) is 0. The second-order valence-electron chi connectivity index (χ2n) is 2.89. The van der Waals surface area contributed by atoms with Crippen LogP contribution < -0.4 is 5.73 Å². The normalized spacial score (nSPS) is 10.8. The highest BCUT2D eigenvalue weighted by atomic mass is 14.5. The third kappa shape index (κ3) is 2.89. The highest BCUT2D eigenvalue weighted by molar-refractivity contribution is 5.49. The van der Waals surface area contributed by atoms with Gasteiger partial charge in [0.05, 0.1) is 0 Å². The van der Waals surface area contributed by atoms with E-state index in [9.17, 15) is 0 Å². The summed E-state index contributed by atoms with van der Waals surface area (Å²) < 4.78 is 0. The van der Waals surface area contributed by atoms with Gasteiger partial charge in [0.2, 0.25) is 0 Å². The molecule has 1 aromatic carbocycles. The Kier molecular flexibility index (Phi) is 3.55. The molecule has 0 spiro atoms. The lowest BCUT2D eigenvalue weighted by Gasteiger charge is -1.94. The Morgan fingerprint density at radius 2 is 2.25 bits per heavy atom. The molecule has 1 heteroatoms. The highest BCUT2D eigenvalue weighted by Gasteiger charge is 1.85. The number of nitrogens with two attached hydrogens (primary N) is 1. The van der Waals surface area contributed by atoms with Gasteiger partial charge in [0.15, 0.2) is 0 Å². The fourth-order valence-corrected chi connectivity index (χ4v) is 1.09. The van der Waals surface area contributed by atoms with E-state index in [0.29, 0.717) is 0 Å². The lowest BCUT2D eigenvalue weighted by molar-refractivity contribution is 1.01. The molecule has 0 saturated heterocycles. The number of hydrogen-bond donors (Lipinski definition) is 1. The van der Waals surface area contributed by atoms with E-state index in [1.165, 1.54) is 11.1 Å². The van der Waals surface area contributed by atoms with Crippen molar-refractivity contribution in [2.24, 2.45) is 5.73 Å². The van der Waals surface area contributed by atoms with E-state index in [-0.39, 0.29) is 0 Å². The predicted molar refractivity (Wildman–Crippen MR) is 53.9 cm³/mol. The molecule has 1 nitrogen and oxygen atoms in total. The quantitative estimate of drug-likeness (QED) is 0.723. The fraction of sp³-hybridized carbons (Fsp3) is 0.273. The zero-order valence-corrected chi connectivity index (χ0v) is 7.46. The molecule has 0 bridgehead atoms. The third-order valence-corrected chi connectivity index (χ3v) is 1.69. The van der Waals surface area contributed by atoms with E-state index in [2.05, 4.69) is 43.3 Å². The van der Waals surface area contributed by atoms with E-state index >= 15 is 0 Å². The van der Waals surface area contributed by atoms with Gasteiger partial charge in [-0.15, -0.1) is 0 Å². The maximum Gasteiger partial charge on any atom is -0.00425 e. The lowest BCUT2D eigenvalue weighted by Crippen LogP contribution is -1.94. The first-order valence-corrected chi connectivity index (χ1v) is 4.26. The van der Waals surface area contributed by atoms with Crippen LogP contribution in [0.3, 0.4) is 0 Å². The zero-order valence-electron chi connectivity index (χ0n) is 7.46. The first kappa shape index (κ1) is 9.01. The summed E-state index contributed by atoms with van der Waals surface area (Å²) in [5.41, 5.74) is 7.92. The summed E-state index contributed by atoms with van der Waals surface area (Å²) in [6, 6.07) is 8.42. The summed E-state index contributed by atoms with van der Waals surface area (Å²) in [4.78, 5) is 0. The second kappa shape index (κ2) is 4.73. The summed E-state index contributed by atoms with van der Waals surface area (Å²) in [6.45, 7) is 2.82. The van der Waals surface area contributed by atoms with Crippen LogP contribution >= 0.6 is 0 Å². The molecule has 0 fully saturated rings. The van der Waals surface area contributed by atoms with Gasteiger partial charge >= 0.3 is 0 Å². The van der Waals surface area contributed by atoms with Gasteiger partial charge in [-0.1, -0.05) is 42.0 Å². The molecular weight excluding hydrogens is 146 g/mol. The molecule has 12 heavy (non-hydrogen) atoms. The molecule has 2 N–H and O–H groups in total. The molecule has 0 heterocycles. The van der Waals surface area contributed by atoms with Crippen molar-refractivity contribution < 1.29 is 0 Å². The Morgan fingerprint density at radius 3 is 2.92 bits per heavy atom. The molecule has 0 radical (unpaired) electrons. The van der Waals surface area contributed by atoms with Gasteiger partial charge in [0.1, 0.15) is 0 Å². The van der Waals surface area contributed by atoms with Crippen LogP contribution in [0.15, 0.2) is 30.3 Å². The first-order chi connectivity index (χ1) is 5.83. The van der Waals surface area contributed by atoms with Crippen LogP contribution in [0.4, 0.5) is 0 Å². The van der Waals surface area contributed by atoms with Crippen molar-refractivity contribution in [1.29, 1.82) is 0 Å². The largest absolute Gasteiger partial charge is 0.330 e. The van der Waals surface area contributed by atoms with Crippen molar-refractivity contribution >= 4 is 6.08 Å². The number of aryl methyl sites for hydroxylation is 1. The van der Waals surface area contributed by atoms with Crippen LogP contribution in [0.25, 0.3) is 6.08 Å². The fourth-order valence-electron chi connectivity index (χ4n) is 1.09. The summed E-state index contributed by atoms with van der Waals surface area (Å²) in [5.74, 6) is 0. The molecule has 1 aromatic rings. The maximum absolute atomic E-state index is 5.37. The average molecular weight is 161 g/mol. The van der Waals surface area contributed by atoms with Gasteiger partial charge in [0, 0.05) is 0 Å². The van der Waals surface area contributed by atoms with E-state index in [1.54, 1.807) is 0 Å². The van der Waals surface area contributed by atoms with Crippen LogP contribution in [-0.4, -0.2) is 6.54 Å². The van der Waals surface area contributed by atoms with Crippen LogP contribution in [0.1, 0.15) is 17.5 Å². The van der Waals surface area contributed by atoms with Gasteiger partial charge in [-0.3, -0.25) is 0 Å². The minimum Gasteiger partial charge on any atom is -0.330 e. The lowest BCUT2D eigenvalue weighted by atomic mass is 10.1. The molecule has 1 rings (SSSR count). The summed E-state index contributed by atoms with van der Waals surface area (Å²) >= 11 is 0. The van der Waals surface area contributed by atoms with Gasteiger partial charge < -0.3 is 5.73 Å². The van der Waals surface area contributed by atoms with Gasteiger partial charge in [-0.05, 0) is 25.5 Å².